The summed E-state index contributed by atoms with van der Waals surface area (Å²) >= 11 is 0. The van der Waals surface area contributed by atoms with E-state index in [1.807, 2.05) is 0 Å². The largest absolute Gasteiger partial charge is 0.378 e. The number of fused-ring (bicyclic) bond motifs is 3. The first-order valence-corrected chi connectivity index (χ1v) is 10.4. The summed E-state index contributed by atoms with van der Waals surface area (Å²) in [6, 6.07) is 17.5. The van der Waals surface area contributed by atoms with E-state index < -0.39 is 10.2 Å². The molecule has 1 aliphatic rings. The molecule has 29 heavy (non-hydrogen) atoms. The molecular weight excluding hydrogens is 392 g/mol. The van der Waals surface area contributed by atoms with Crippen molar-refractivity contribution in [3.8, 4) is 0 Å². The van der Waals surface area contributed by atoms with Crippen molar-refractivity contribution in [3.63, 3.8) is 0 Å². The highest BCUT2D eigenvalue weighted by atomic mass is 35.7. The summed E-state index contributed by atoms with van der Waals surface area (Å²) in [6.45, 7) is 0. The minimum absolute atomic E-state index is 1.12. The van der Waals surface area contributed by atoms with Gasteiger partial charge in [0.15, 0.2) is 6.20 Å². The Hall–Kier alpha value is -2.48. The zero-order chi connectivity index (χ0) is 21.2. The molecule has 0 aliphatic heterocycles. The molecule has 0 bridgehead atoms. The van der Waals surface area contributed by atoms with Gasteiger partial charge in [0.2, 0.25) is 5.52 Å². The van der Waals surface area contributed by atoms with Crippen molar-refractivity contribution < 1.29 is 33.4 Å². The standard InChI is InChI=1S/C22H23N2.ClHO4/c1-23(2)19-12-8-16(9-13-19)14-17-10-11-18-15-24(3)21-7-5-4-6-20(21)22(17)18;2-1(3,4)5/h4-9,12-15H,10-11H2,1-3H3;(H,2,3,4,5)/q+1;/p-1. The molecule has 4 rings (SSSR count). The predicted molar refractivity (Wildman–Crippen MR) is 102 cm³/mol. The summed E-state index contributed by atoms with van der Waals surface area (Å²) in [7, 11) is 1.35. The SMILES string of the molecule is CN(C)c1ccc(C=C2CCc3c[n+](C)c4ccccc4c32)cc1.[O-][Cl+3]([O-])([O-])[O-]. The molecule has 2 aromatic carbocycles. The lowest BCUT2D eigenvalue weighted by Crippen LogP contribution is -2.68. The van der Waals surface area contributed by atoms with Gasteiger partial charge in [-0.1, -0.05) is 30.3 Å². The van der Waals surface area contributed by atoms with Gasteiger partial charge in [0.1, 0.15) is 7.05 Å². The Labute approximate surface area is 172 Å². The second-order valence-corrected chi connectivity index (χ2v) is 7.95. The highest BCUT2D eigenvalue weighted by Gasteiger charge is 2.23. The van der Waals surface area contributed by atoms with Crippen molar-refractivity contribution in [1.82, 2.24) is 0 Å². The maximum Gasteiger partial charge on any atom is 0.212 e. The fourth-order valence-corrected chi connectivity index (χ4v) is 3.71. The van der Waals surface area contributed by atoms with Crippen LogP contribution < -0.4 is 28.1 Å². The van der Waals surface area contributed by atoms with E-state index in [0.29, 0.717) is 0 Å². The molecule has 7 heteroatoms. The lowest BCUT2D eigenvalue weighted by molar-refractivity contribution is -2.00. The summed E-state index contributed by atoms with van der Waals surface area (Å²) in [5.74, 6) is 0. The van der Waals surface area contributed by atoms with Crippen LogP contribution in [0.1, 0.15) is 23.1 Å². The van der Waals surface area contributed by atoms with Crippen LogP contribution in [0, 0.1) is 10.2 Å². The average molecular weight is 415 g/mol. The molecule has 0 spiro atoms. The van der Waals surface area contributed by atoms with Crippen LogP contribution in [0.25, 0.3) is 22.6 Å². The molecule has 0 N–H and O–H groups in total. The Morgan fingerprint density at radius 2 is 1.55 bits per heavy atom. The van der Waals surface area contributed by atoms with Crippen LogP contribution in [0.2, 0.25) is 0 Å². The van der Waals surface area contributed by atoms with Gasteiger partial charge >= 0.3 is 0 Å². The molecular formula is C22H23ClN2O4. The van der Waals surface area contributed by atoms with Crippen LogP contribution >= 0.6 is 0 Å². The molecule has 0 fully saturated rings. The first-order chi connectivity index (χ1) is 13.6. The third-order valence-corrected chi connectivity index (χ3v) is 4.96. The number of anilines is 1. The summed E-state index contributed by atoms with van der Waals surface area (Å²) in [5, 5.41) is 1.37. The topological polar surface area (TPSA) is 99.4 Å². The van der Waals surface area contributed by atoms with E-state index in [1.54, 1.807) is 0 Å². The Balaban J connectivity index is 0.000000431. The van der Waals surface area contributed by atoms with Crippen molar-refractivity contribution in [2.24, 2.45) is 7.05 Å². The predicted octanol–water partition coefficient (Wildman–Crippen LogP) is -0.539. The fraction of sp³-hybridized carbons (Fsp3) is 0.227. The first kappa shape index (κ1) is 21.2. The maximum absolute atomic E-state index is 8.49. The van der Waals surface area contributed by atoms with E-state index in [0.717, 1.165) is 12.8 Å². The molecule has 0 radical (unpaired) electrons. The molecule has 3 aromatic rings. The Morgan fingerprint density at radius 1 is 0.931 bits per heavy atom. The fourth-order valence-electron chi connectivity index (χ4n) is 3.71. The van der Waals surface area contributed by atoms with E-state index in [4.69, 9.17) is 18.6 Å². The van der Waals surface area contributed by atoms with Gasteiger partial charge in [-0.2, -0.15) is 0 Å². The number of pyridine rings is 1. The van der Waals surface area contributed by atoms with Crippen LogP contribution in [-0.2, 0) is 13.5 Å². The summed E-state index contributed by atoms with van der Waals surface area (Å²) in [5.41, 5.74) is 8.18. The van der Waals surface area contributed by atoms with Crippen molar-refractivity contribution in [1.29, 1.82) is 0 Å². The smallest absolute Gasteiger partial charge is 0.212 e. The van der Waals surface area contributed by atoms with E-state index in [2.05, 4.69) is 91.4 Å². The quantitative estimate of drug-likeness (QED) is 0.524. The third-order valence-electron chi connectivity index (χ3n) is 4.96. The van der Waals surface area contributed by atoms with Gasteiger partial charge in [0.25, 0.3) is 0 Å². The van der Waals surface area contributed by atoms with E-state index in [1.165, 1.54) is 38.9 Å². The van der Waals surface area contributed by atoms with Gasteiger partial charge < -0.3 is 4.90 Å². The second kappa shape index (κ2) is 8.49. The van der Waals surface area contributed by atoms with E-state index in [-0.39, 0.29) is 0 Å². The van der Waals surface area contributed by atoms with Crippen molar-refractivity contribution >= 4 is 28.2 Å². The van der Waals surface area contributed by atoms with Crippen LogP contribution in [0.15, 0.2) is 54.7 Å². The summed E-state index contributed by atoms with van der Waals surface area (Å²) in [4.78, 5) is 2.13. The normalized spacial score (nSPS) is 14.5. The zero-order valence-electron chi connectivity index (χ0n) is 16.6. The maximum atomic E-state index is 8.49. The van der Waals surface area contributed by atoms with Gasteiger partial charge in [-0.05, 0) is 42.2 Å². The van der Waals surface area contributed by atoms with Gasteiger partial charge in [0.05, 0.1) is 5.39 Å². The molecule has 0 unspecified atom stereocenters. The molecule has 152 valence electrons. The van der Waals surface area contributed by atoms with Crippen molar-refractivity contribution in [2.45, 2.75) is 12.8 Å². The lowest BCUT2D eigenvalue weighted by Gasteiger charge is -2.17. The molecule has 1 heterocycles. The van der Waals surface area contributed by atoms with Crippen LogP contribution in [0.3, 0.4) is 0 Å². The Kier molecular flexibility index (Phi) is 6.21. The summed E-state index contributed by atoms with van der Waals surface area (Å²) < 4.78 is 36.2. The highest BCUT2D eigenvalue weighted by Crippen LogP contribution is 2.37. The third kappa shape index (κ3) is 5.32. The number of aromatic nitrogens is 1. The minimum Gasteiger partial charge on any atom is -0.378 e. The number of hydrogen-bond donors (Lipinski definition) is 0. The van der Waals surface area contributed by atoms with Crippen LogP contribution in [0.4, 0.5) is 5.69 Å². The molecule has 1 aliphatic carbocycles. The molecule has 0 amide bonds. The Bertz CT molecular complexity index is 1040. The number of benzene rings is 2. The minimum atomic E-state index is -4.94. The number of rotatable bonds is 2. The molecule has 1 aromatic heterocycles. The second-order valence-electron chi connectivity index (χ2n) is 7.19. The molecule has 6 nitrogen and oxygen atoms in total. The van der Waals surface area contributed by atoms with E-state index in [9.17, 15) is 0 Å². The van der Waals surface area contributed by atoms with Gasteiger partial charge in [0, 0.05) is 37.0 Å². The number of aryl methyl sites for hydroxylation is 2. The van der Waals surface area contributed by atoms with Crippen molar-refractivity contribution in [3.05, 3.63) is 71.4 Å². The average Bonchev–Trinajstić information content (AvgIpc) is 3.03. The van der Waals surface area contributed by atoms with Crippen LogP contribution in [-0.4, -0.2) is 14.1 Å². The molecule has 0 saturated heterocycles. The van der Waals surface area contributed by atoms with Gasteiger partial charge in [-0.3, -0.25) is 0 Å². The number of para-hydroxylation sites is 1. The number of nitrogens with zero attached hydrogens (tertiary/aromatic N) is 2. The van der Waals surface area contributed by atoms with Gasteiger partial charge in [-0.15, -0.1) is 10.2 Å². The monoisotopic (exact) mass is 414 g/mol. The number of hydrogen-bond acceptors (Lipinski definition) is 5. The number of allylic oxidation sites excluding steroid dienone is 1. The first-order valence-electron chi connectivity index (χ1n) is 9.14. The molecule has 0 atom stereocenters. The highest BCUT2D eigenvalue weighted by molar-refractivity contribution is 5.97. The lowest BCUT2D eigenvalue weighted by atomic mass is 10.00. The zero-order valence-corrected chi connectivity index (χ0v) is 17.3. The Morgan fingerprint density at radius 3 is 2.17 bits per heavy atom. The van der Waals surface area contributed by atoms with E-state index >= 15 is 0 Å². The molecule has 0 saturated carbocycles. The van der Waals surface area contributed by atoms with Crippen LogP contribution in [0.5, 0.6) is 0 Å². The number of halogens is 1. The van der Waals surface area contributed by atoms with Crippen molar-refractivity contribution in [2.75, 3.05) is 19.0 Å². The van der Waals surface area contributed by atoms with Gasteiger partial charge in [-0.25, -0.2) is 23.2 Å². The summed E-state index contributed by atoms with van der Waals surface area (Å²) in [6.07, 6.45) is 6.92.